The summed E-state index contributed by atoms with van der Waals surface area (Å²) in [6.07, 6.45) is -0.717. The summed E-state index contributed by atoms with van der Waals surface area (Å²) < 4.78 is 0. The molecule has 2 N–H and O–H groups in total. The highest BCUT2D eigenvalue weighted by Crippen LogP contribution is 2.19. The molecule has 0 saturated carbocycles. The van der Waals surface area contributed by atoms with E-state index in [0.717, 1.165) is 22.4 Å². The summed E-state index contributed by atoms with van der Waals surface area (Å²) in [6.45, 7) is 4.43. The third-order valence-corrected chi connectivity index (χ3v) is 4.07. The van der Waals surface area contributed by atoms with Crippen molar-refractivity contribution in [3.63, 3.8) is 0 Å². The molecular weight excluding hydrogens is 314 g/mol. The maximum atomic E-state index is 12.3. The van der Waals surface area contributed by atoms with Gasteiger partial charge in [0.1, 0.15) is 0 Å². The van der Waals surface area contributed by atoms with Crippen molar-refractivity contribution in [2.45, 2.75) is 20.0 Å². The predicted molar refractivity (Wildman–Crippen MR) is 98.2 cm³/mol. The number of nitriles is 1. The number of benzene rings is 2. The van der Waals surface area contributed by atoms with Gasteiger partial charge in [-0.3, -0.25) is 9.69 Å². The molecule has 2 aromatic carbocycles. The number of carbonyl (C=O) groups excluding carboxylic acids is 1. The van der Waals surface area contributed by atoms with Crippen molar-refractivity contribution >= 4 is 11.6 Å². The zero-order valence-corrected chi connectivity index (χ0v) is 14.8. The van der Waals surface area contributed by atoms with Crippen LogP contribution >= 0.6 is 0 Å². The van der Waals surface area contributed by atoms with Crippen molar-refractivity contribution in [2.75, 3.05) is 25.5 Å². The Balaban J connectivity index is 1.91. The maximum absolute atomic E-state index is 12.3. The number of rotatable bonds is 6. The van der Waals surface area contributed by atoms with E-state index in [1.807, 2.05) is 38.1 Å². The van der Waals surface area contributed by atoms with E-state index in [1.54, 1.807) is 36.2 Å². The fraction of sp³-hybridized carbons (Fsp3) is 0.300. The minimum absolute atomic E-state index is 0.119. The average molecular weight is 337 g/mol. The molecule has 0 aromatic heterocycles. The number of nitrogens with zero attached hydrogens (tertiary/aromatic N) is 2. The number of amides is 1. The number of hydrogen-bond acceptors (Lipinski definition) is 4. The number of likely N-dealkylation sites (N-methyl/N-ethyl adjacent to an activating group) is 1. The zero-order valence-electron chi connectivity index (χ0n) is 14.8. The summed E-state index contributed by atoms with van der Waals surface area (Å²) in [5, 5.41) is 22.0. The molecule has 0 bridgehead atoms. The summed E-state index contributed by atoms with van der Waals surface area (Å²) in [5.41, 5.74) is 4.16. The van der Waals surface area contributed by atoms with E-state index < -0.39 is 6.10 Å². The van der Waals surface area contributed by atoms with Crippen LogP contribution in [0.25, 0.3) is 0 Å². The number of para-hydroxylation sites is 1. The van der Waals surface area contributed by atoms with Crippen LogP contribution in [0.2, 0.25) is 0 Å². The first-order valence-corrected chi connectivity index (χ1v) is 8.13. The van der Waals surface area contributed by atoms with Crippen LogP contribution in [-0.4, -0.2) is 36.1 Å². The predicted octanol–water partition coefficient (Wildman–Crippen LogP) is 2.78. The molecule has 1 unspecified atom stereocenters. The van der Waals surface area contributed by atoms with Gasteiger partial charge in [0.25, 0.3) is 0 Å². The van der Waals surface area contributed by atoms with E-state index >= 15 is 0 Å². The lowest BCUT2D eigenvalue weighted by atomic mass is 10.1. The first-order valence-electron chi connectivity index (χ1n) is 8.13. The molecule has 25 heavy (non-hydrogen) atoms. The van der Waals surface area contributed by atoms with Crippen molar-refractivity contribution in [3.05, 3.63) is 64.7 Å². The van der Waals surface area contributed by atoms with Crippen LogP contribution in [0.3, 0.4) is 0 Å². The highest BCUT2D eigenvalue weighted by atomic mass is 16.3. The number of aryl methyl sites for hydroxylation is 2. The number of aliphatic hydroxyl groups excluding tert-OH is 1. The fourth-order valence-electron chi connectivity index (χ4n) is 2.68. The molecule has 2 aromatic rings. The smallest absolute Gasteiger partial charge is 0.238 e. The van der Waals surface area contributed by atoms with E-state index in [1.165, 1.54) is 0 Å². The van der Waals surface area contributed by atoms with E-state index in [-0.39, 0.29) is 12.5 Å². The molecule has 0 spiro atoms. The van der Waals surface area contributed by atoms with Crippen molar-refractivity contribution < 1.29 is 9.90 Å². The average Bonchev–Trinajstić information content (AvgIpc) is 2.58. The number of carbonyl (C=O) groups is 1. The van der Waals surface area contributed by atoms with Gasteiger partial charge in [-0.2, -0.15) is 5.26 Å². The standard InChI is InChI=1S/C20H23N3O2/c1-14-5-4-6-15(2)20(14)22-19(25)13-23(3)12-18(24)17-9-7-16(11-21)8-10-17/h4-10,18,24H,12-13H2,1-3H3,(H,22,25). The Hall–Kier alpha value is -2.68. The van der Waals surface area contributed by atoms with Crippen LogP contribution in [0.5, 0.6) is 0 Å². The third kappa shape index (κ3) is 5.15. The van der Waals surface area contributed by atoms with E-state index in [4.69, 9.17) is 5.26 Å². The zero-order chi connectivity index (χ0) is 18.4. The molecule has 0 aliphatic carbocycles. The molecule has 0 radical (unpaired) electrons. The summed E-state index contributed by atoms with van der Waals surface area (Å²) in [4.78, 5) is 14.0. The van der Waals surface area contributed by atoms with E-state index in [0.29, 0.717) is 12.1 Å². The van der Waals surface area contributed by atoms with Crippen LogP contribution in [0.15, 0.2) is 42.5 Å². The van der Waals surface area contributed by atoms with Crippen molar-refractivity contribution in [1.29, 1.82) is 5.26 Å². The van der Waals surface area contributed by atoms with E-state index in [9.17, 15) is 9.90 Å². The van der Waals surface area contributed by atoms with Crippen molar-refractivity contribution in [1.82, 2.24) is 4.90 Å². The van der Waals surface area contributed by atoms with Gasteiger partial charge in [-0.1, -0.05) is 30.3 Å². The second-order valence-electron chi connectivity index (χ2n) is 6.26. The Morgan fingerprint density at radius 1 is 1.20 bits per heavy atom. The molecule has 5 nitrogen and oxygen atoms in total. The Bertz CT molecular complexity index is 758. The Labute approximate surface area is 148 Å². The fourth-order valence-corrected chi connectivity index (χ4v) is 2.68. The van der Waals surface area contributed by atoms with Crippen molar-refractivity contribution in [2.24, 2.45) is 0 Å². The molecule has 0 heterocycles. The summed E-state index contributed by atoms with van der Waals surface area (Å²) in [5.74, 6) is -0.119. The van der Waals surface area contributed by atoms with Gasteiger partial charge >= 0.3 is 0 Å². The molecule has 0 aliphatic rings. The Morgan fingerprint density at radius 2 is 1.80 bits per heavy atom. The molecule has 5 heteroatoms. The normalized spacial score (nSPS) is 11.8. The van der Waals surface area contributed by atoms with Gasteiger partial charge in [0.05, 0.1) is 24.3 Å². The second kappa shape index (κ2) is 8.43. The number of hydrogen-bond donors (Lipinski definition) is 2. The molecule has 0 aliphatic heterocycles. The SMILES string of the molecule is Cc1cccc(C)c1NC(=O)CN(C)CC(O)c1ccc(C#N)cc1. The highest BCUT2D eigenvalue weighted by molar-refractivity contribution is 5.93. The van der Waals surface area contributed by atoms with E-state index in [2.05, 4.69) is 5.32 Å². The van der Waals surface area contributed by atoms with Gasteiger partial charge in [-0.05, 0) is 49.7 Å². The quantitative estimate of drug-likeness (QED) is 0.850. The minimum atomic E-state index is -0.717. The molecule has 0 saturated heterocycles. The summed E-state index contributed by atoms with van der Waals surface area (Å²) in [6, 6.07) is 14.7. The summed E-state index contributed by atoms with van der Waals surface area (Å²) in [7, 11) is 1.79. The van der Waals surface area contributed by atoms with Crippen molar-refractivity contribution in [3.8, 4) is 6.07 Å². The van der Waals surface area contributed by atoms with Gasteiger partial charge in [-0.15, -0.1) is 0 Å². The van der Waals surface area contributed by atoms with Gasteiger partial charge < -0.3 is 10.4 Å². The van der Waals surface area contributed by atoms with Crippen LogP contribution in [0.4, 0.5) is 5.69 Å². The van der Waals surface area contributed by atoms with Gasteiger partial charge in [-0.25, -0.2) is 0 Å². The first-order chi connectivity index (χ1) is 11.9. The lowest BCUT2D eigenvalue weighted by molar-refractivity contribution is -0.117. The largest absolute Gasteiger partial charge is 0.387 e. The number of anilines is 1. The monoisotopic (exact) mass is 337 g/mol. The minimum Gasteiger partial charge on any atom is -0.387 e. The second-order valence-corrected chi connectivity index (χ2v) is 6.26. The lowest BCUT2D eigenvalue weighted by Gasteiger charge is -2.21. The molecule has 0 fully saturated rings. The molecule has 1 atom stereocenters. The Kier molecular flexibility index (Phi) is 6.29. The van der Waals surface area contributed by atoms with Gasteiger partial charge in [0.2, 0.25) is 5.91 Å². The van der Waals surface area contributed by atoms with Crippen LogP contribution in [-0.2, 0) is 4.79 Å². The molecule has 130 valence electrons. The molecule has 1 amide bonds. The van der Waals surface area contributed by atoms with Gasteiger partial charge in [0, 0.05) is 12.2 Å². The first kappa shape index (κ1) is 18.7. The molecule has 2 rings (SSSR count). The lowest BCUT2D eigenvalue weighted by Crippen LogP contribution is -2.33. The van der Waals surface area contributed by atoms with Crippen LogP contribution in [0.1, 0.15) is 28.4 Å². The third-order valence-electron chi connectivity index (χ3n) is 4.07. The highest BCUT2D eigenvalue weighted by Gasteiger charge is 2.14. The number of nitrogens with one attached hydrogen (secondary N) is 1. The Morgan fingerprint density at radius 3 is 2.36 bits per heavy atom. The number of aliphatic hydroxyl groups is 1. The van der Waals surface area contributed by atoms with Crippen LogP contribution in [0, 0.1) is 25.2 Å². The van der Waals surface area contributed by atoms with Gasteiger partial charge in [0.15, 0.2) is 0 Å². The summed E-state index contributed by atoms with van der Waals surface area (Å²) >= 11 is 0. The van der Waals surface area contributed by atoms with Crippen LogP contribution < -0.4 is 5.32 Å². The topological polar surface area (TPSA) is 76.4 Å². The maximum Gasteiger partial charge on any atom is 0.238 e. The molecular formula is C20H23N3O2.